The Balaban J connectivity index is 1.88. The van der Waals surface area contributed by atoms with Gasteiger partial charge in [0.1, 0.15) is 0 Å². The standard InChI is InChI=1S/C22H24N4S/c1-14-15(2)26(17-10-6-5-7-11-17)16(3)19(14)21-20(24-22(27)25(21)4)18-12-8-9-13-23-18/h5-13,20-21H,1-4H3,(H,24,27). The van der Waals surface area contributed by atoms with Crippen LogP contribution in [0.15, 0.2) is 54.7 Å². The zero-order valence-electron chi connectivity index (χ0n) is 16.1. The fraction of sp³-hybridized carbons (Fsp3) is 0.273. The van der Waals surface area contributed by atoms with Crippen molar-refractivity contribution >= 4 is 17.3 Å². The number of aromatic nitrogens is 2. The molecule has 0 saturated carbocycles. The molecular weight excluding hydrogens is 352 g/mol. The van der Waals surface area contributed by atoms with Gasteiger partial charge in [0.2, 0.25) is 0 Å². The van der Waals surface area contributed by atoms with E-state index in [2.05, 4.69) is 84.0 Å². The summed E-state index contributed by atoms with van der Waals surface area (Å²) >= 11 is 5.60. The number of para-hydroxylation sites is 1. The second-order valence-corrected chi connectivity index (χ2v) is 7.50. The fourth-order valence-corrected chi connectivity index (χ4v) is 4.47. The topological polar surface area (TPSA) is 33.1 Å². The summed E-state index contributed by atoms with van der Waals surface area (Å²) < 4.78 is 2.34. The van der Waals surface area contributed by atoms with Gasteiger partial charge in [-0.3, -0.25) is 4.98 Å². The molecule has 2 atom stereocenters. The van der Waals surface area contributed by atoms with E-state index >= 15 is 0 Å². The molecule has 4 rings (SSSR count). The number of hydrogen-bond donors (Lipinski definition) is 1. The number of pyridine rings is 1. The zero-order chi connectivity index (χ0) is 19.1. The molecule has 1 aliphatic heterocycles. The molecule has 1 fully saturated rings. The van der Waals surface area contributed by atoms with Gasteiger partial charge in [0.25, 0.3) is 0 Å². The van der Waals surface area contributed by atoms with Gasteiger partial charge in [0, 0.05) is 35.9 Å². The van der Waals surface area contributed by atoms with Crippen molar-refractivity contribution in [3.63, 3.8) is 0 Å². The van der Waals surface area contributed by atoms with Crippen LogP contribution in [-0.4, -0.2) is 26.6 Å². The molecule has 5 heteroatoms. The molecule has 3 aromatic rings. The molecule has 1 aromatic carbocycles. The van der Waals surface area contributed by atoms with E-state index in [0.29, 0.717) is 0 Å². The van der Waals surface area contributed by atoms with E-state index < -0.39 is 0 Å². The van der Waals surface area contributed by atoms with E-state index in [1.54, 1.807) is 0 Å². The maximum atomic E-state index is 5.60. The quantitative estimate of drug-likeness (QED) is 0.687. The van der Waals surface area contributed by atoms with Crippen molar-refractivity contribution in [2.75, 3.05) is 7.05 Å². The van der Waals surface area contributed by atoms with Gasteiger partial charge in [0.05, 0.1) is 17.8 Å². The predicted molar refractivity (Wildman–Crippen MR) is 113 cm³/mol. The first-order chi connectivity index (χ1) is 13.0. The second-order valence-electron chi connectivity index (χ2n) is 7.12. The van der Waals surface area contributed by atoms with Crippen LogP contribution in [0.1, 0.15) is 40.3 Å². The molecule has 2 aromatic heterocycles. The largest absolute Gasteiger partial charge is 0.352 e. The number of rotatable bonds is 3. The van der Waals surface area contributed by atoms with Gasteiger partial charge in [-0.15, -0.1) is 0 Å². The molecular formula is C22H24N4S. The molecule has 0 aliphatic carbocycles. The third kappa shape index (κ3) is 2.82. The van der Waals surface area contributed by atoms with E-state index in [1.165, 1.54) is 28.2 Å². The molecule has 2 unspecified atom stereocenters. The highest BCUT2D eigenvalue weighted by Gasteiger charge is 2.40. The van der Waals surface area contributed by atoms with Gasteiger partial charge < -0.3 is 14.8 Å². The molecule has 3 heterocycles. The Morgan fingerprint density at radius 2 is 1.67 bits per heavy atom. The van der Waals surface area contributed by atoms with Gasteiger partial charge in [-0.05, 0) is 62.8 Å². The first-order valence-corrected chi connectivity index (χ1v) is 9.59. The summed E-state index contributed by atoms with van der Waals surface area (Å²) in [6.07, 6.45) is 1.84. The Kier molecular flexibility index (Phi) is 4.48. The maximum Gasteiger partial charge on any atom is 0.169 e. The molecule has 27 heavy (non-hydrogen) atoms. The summed E-state index contributed by atoms with van der Waals surface area (Å²) in [6.45, 7) is 6.60. The highest BCUT2D eigenvalue weighted by atomic mass is 32.1. The van der Waals surface area contributed by atoms with Crippen LogP contribution in [0.4, 0.5) is 0 Å². The first kappa shape index (κ1) is 17.7. The van der Waals surface area contributed by atoms with Crippen LogP contribution in [0.3, 0.4) is 0 Å². The van der Waals surface area contributed by atoms with Crippen molar-refractivity contribution in [1.82, 2.24) is 19.8 Å². The van der Waals surface area contributed by atoms with Gasteiger partial charge >= 0.3 is 0 Å². The van der Waals surface area contributed by atoms with Crippen LogP contribution in [0, 0.1) is 20.8 Å². The molecule has 4 nitrogen and oxygen atoms in total. The van der Waals surface area contributed by atoms with Crippen molar-refractivity contribution < 1.29 is 0 Å². The number of thiocarbonyl (C=S) groups is 1. The smallest absolute Gasteiger partial charge is 0.169 e. The Bertz CT molecular complexity index is 979. The van der Waals surface area contributed by atoms with Crippen LogP contribution in [0.2, 0.25) is 0 Å². The number of nitrogens with one attached hydrogen (secondary N) is 1. The summed E-state index contributed by atoms with van der Waals surface area (Å²) in [7, 11) is 2.07. The monoisotopic (exact) mass is 376 g/mol. The first-order valence-electron chi connectivity index (χ1n) is 9.18. The van der Waals surface area contributed by atoms with Crippen molar-refractivity contribution in [1.29, 1.82) is 0 Å². The van der Waals surface area contributed by atoms with Gasteiger partial charge in [-0.1, -0.05) is 24.3 Å². The normalized spacial score (nSPS) is 19.4. The van der Waals surface area contributed by atoms with Crippen molar-refractivity contribution in [2.45, 2.75) is 32.9 Å². The molecule has 0 radical (unpaired) electrons. The minimum absolute atomic E-state index is 0.0344. The van der Waals surface area contributed by atoms with Crippen molar-refractivity contribution in [3.05, 3.63) is 82.9 Å². The van der Waals surface area contributed by atoms with E-state index in [-0.39, 0.29) is 12.1 Å². The van der Waals surface area contributed by atoms with E-state index in [4.69, 9.17) is 12.2 Å². The average Bonchev–Trinajstić information content (AvgIpc) is 3.10. The van der Waals surface area contributed by atoms with Crippen molar-refractivity contribution in [3.8, 4) is 5.69 Å². The van der Waals surface area contributed by atoms with Crippen molar-refractivity contribution in [2.24, 2.45) is 0 Å². The number of benzene rings is 1. The van der Waals surface area contributed by atoms with Crippen LogP contribution >= 0.6 is 12.2 Å². The highest BCUT2D eigenvalue weighted by molar-refractivity contribution is 7.80. The molecule has 0 bridgehead atoms. The summed E-state index contributed by atoms with van der Waals surface area (Å²) in [5, 5.41) is 4.24. The Hall–Kier alpha value is -2.66. The van der Waals surface area contributed by atoms with Gasteiger partial charge in [-0.2, -0.15) is 0 Å². The zero-order valence-corrected chi connectivity index (χ0v) is 16.9. The van der Waals surface area contributed by atoms with Gasteiger partial charge in [0.15, 0.2) is 5.11 Å². The molecule has 0 spiro atoms. The number of likely N-dealkylation sites (N-methyl/N-ethyl adjacent to an activating group) is 1. The van der Waals surface area contributed by atoms with E-state index in [0.717, 1.165) is 10.8 Å². The summed E-state index contributed by atoms with van der Waals surface area (Å²) in [4.78, 5) is 6.76. The van der Waals surface area contributed by atoms with Crippen LogP contribution in [0.25, 0.3) is 5.69 Å². The lowest BCUT2D eigenvalue weighted by Crippen LogP contribution is -2.25. The Labute approximate surface area is 165 Å². The molecule has 1 N–H and O–H groups in total. The molecule has 1 saturated heterocycles. The second kappa shape index (κ2) is 6.82. The number of nitrogens with zero attached hydrogens (tertiary/aromatic N) is 3. The minimum Gasteiger partial charge on any atom is -0.352 e. The summed E-state index contributed by atoms with van der Waals surface area (Å²) in [6, 6.07) is 16.7. The van der Waals surface area contributed by atoms with Crippen LogP contribution in [-0.2, 0) is 0 Å². The summed E-state index contributed by atoms with van der Waals surface area (Å²) in [5.74, 6) is 0. The SMILES string of the molecule is Cc1c(C2C(c3ccccn3)NC(=S)N2C)c(C)n(-c2ccccc2)c1C. The van der Waals surface area contributed by atoms with E-state index in [1.807, 2.05) is 18.3 Å². The van der Waals surface area contributed by atoms with E-state index in [9.17, 15) is 0 Å². The Morgan fingerprint density at radius 3 is 2.33 bits per heavy atom. The number of hydrogen-bond acceptors (Lipinski definition) is 2. The molecule has 0 amide bonds. The molecule has 138 valence electrons. The lowest BCUT2D eigenvalue weighted by molar-refractivity contribution is 0.366. The maximum absolute atomic E-state index is 5.60. The third-order valence-electron chi connectivity index (χ3n) is 5.66. The van der Waals surface area contributed by atoms with Gasteiger partial charge in [-0.25, -0.2) is 0 Å². The predicted octanol–water partition coefficient (Wildman–Crippen LogP) is 4.40. The highest BCUT2D eigenvalue weighted by Crippen LogP contribution is 2.42. The molecule has 1 aliphatic rings. The minimum atomic E-state index is 0.0344. The lowest BCUT2D eigenvalue weighted by Gasteiger charge is -2.25. The fourth-order valence-electron chi connectivity index (χ4n) is 4.23. The lowest BCUT2D eigenvalue weighted by atomic mass is 9.94. The average molecular weight is 377 g/mol. The summed E-state index contributed by atoms with van der Waals surface area (Å²) in [5.41, 5.74) is 7.34. The third-order valence-corrected chi connectivity index (χ3v) is 6.06. The van der Waals surface area contributed by atoms with Crippen LogP contribution in [0.5, 0.6) is 0 Å². The van der Waals surface area contributed by atoms with Crippen LogP contribution < -0.4 is 5.32 Å². The Morgan fingerprint density at radius 1 is 0.963 bits per heavy atom.